The van der Waals surface area contributed by atoms with E-state index in [1.165, 1.54) is 18.2 Å². The molecule has 2 aromatic carbocycles. The van der Waals surface area contributed by atoms with Crippen LogP contribution in [0.25, 0.3) is 0 Å². The highest BCUT2D eigenvalue weighted by atomic mass is 19.4. The summed E-state index contributed by atoms with van der Waals surface area (Å²) in [7, 11) is 2.00. The Morgan fingerprint density at radius 3 is 2.82 bits per heavy atom. The normalized spacial score (nSPS) is 20.9. The number of rotatable bonds is 3. The number of nitrogens with zero attached hydrogens (tertiary/aromatic N) is 2. The highest BCUT2D eigenvalue weighted by Gasteiger charge is 2.39. The van der Waals surface area contributed by atoms with Crippen LogP contribution in [0.15, 0.2) is 36.4 Å². The van der Waals surface area contributed by atoms with Crippen molar-refractivity contribution in [3.05, 3.63) is 47.5 Å². The SMILES string of the molecule is CN1c2c(C#N)cc(Nc3ccccc3OC(F)(F)F)cc2[C@@H]2CNCC[C@@H]21. The summed E-state index contributed by atoms with van der Waals surface area (Å²) >= 11 is 0. The molecule has 2 heterocycles. The molecule has 2 aliphatic heterocycles. The first-order chi connectivity index (χ1) is 13.4. The number of halogens is 3. The summed E-state index contributed by atoms with van der Waals surface area (Å²) < 4.78 is 42.2. The molecular formula is C20H19F3N4O. The molecule has 0 amide bonds. The summed E-state index contributed by atoms with van der Waals surface area (Å²) in [6.45, 7) is 1.73. The topological polar surface area (TPSA) is 60.3 Å². The minimum absolute atomic E-state index is 0.188. The molecule has 4 rings (SSSR count). The Hall–Kier alpha value is -2.92. The van der Waals surface area contributed by atoms with E-state index >= 15 is 0 Å². The third-order valence-electron chi connectivity index (χ3n) is 5.35. The van der Waals surface area contributed by atoms with E-state index in [4.69, 9.17) is 0 Å². The third kappa shape index (κ3) is 3.34. The maximum absolute atomic E-state index is 12.7. The first-order valence-electron chi connectivity index (χ1n) is 9.01. The van der Waals surface area contributed by atoms with Crippen LogP contribution in [0.1, 0.15) is 23.5 Å². The van der Waals surface area contributed by atoms with Crippen LogP contribution in [-0.4, -0.2) is 32.5 Å². The molecule has 0 aromatic heterocycles. The second-order valence-electron chi connectivity index (χ2n) is 7.02. The Bertz CT molecular complexity index is 938. The maximum Gasteiger partial charge on any atom is 0.573 e. The van der Waals surface area contributed by atoms with Gasteiger partial charge in [0.2, 0.25) is 0 Å². The number of alkyl halides is 3. The van der Waals surface area contributed by atoms with Crippen molar-refractivity contribution in [2.24, 2.45) is 0 Å². The lowest BCUT2D eigenvalue weighted by Crippen LogP contribution is -2.42. The summed E-state index contributed by atoms with van der Waals surface area (Å²) in [5, 5.41) is 16.0. The molecule has 1 saturated heterocycles. The molecule has 0 unspecified atom stereocenters. The van der Waals surface area contributed by atoms with Crippen LogP contribution in [-0.2, 0) is 0 Å². The Morgan fingerprint density at radius 1 is 1.29 bits per heavy atom. The first kappa shape index (κ1) is 18.4. The van der Waals surface area contributed by atoms with Gasteiger partial charge in [-0.25, -0.2) is 0 Å². The summed E-state index contributed by atoms with van der Waals surface area (Å²) in [6, 6.07) is 12.0. The average molecular weight is 388 g/mol. The zero-order chi connectivity index (χ0) is 19.9. The number of fused-ring (bicyclic) bond motifs is 3. The van der Waals surface area contributed by atoms with Gasteiger partial charge in [0.1, 0.15) is 6.07 Å². The smallest absolute Gasteiger partial charge is 0.404 e. The number of anilines is 3. The largest absolute Gasteiger partial charge is 0.573 e. The summed E-state index contributed by atoms with van der Waals surface area (Å²) in [4.78, 5) is 2.16. The molecule has 0 aliphatic carbocycles. The third-order valence-corrected chi connectivity index (χ3v) is 5.35. The van der Waals surface area contributed by atoms with Crippen LogP contribution in [0, 0.1) is 11.3 Å². The molecule has 146 valence electrons. The second-order valence-corrected chi connectivity index (χ2v) is 7.02. The number of hydrogen-bond donors (Lipinski definition) is 2. The number of likely N-dealkylation sites (N-methyl/N-ethyl adjacent to an activating group) is 1. The van der Waals surface area contributed by atoms with E-state index in [9.17, 15) is 18.4 Å². The fourth-order valence-corrected chi connectivity index (χ4v) is 4.22. The van der Waals surface area contributed by atoms with E-state index in [0.29, 0.717) is 17.3 Å². The Morgan fingerprint density at radius 2 is 2.07 bits per heavy atom. The van der Waals surface area contributed by atoms with Crippen molar-refractivity contribution in [1.82, 2.24) is 5.32 Å². The van der Waals surface area contributed by atoms with Gasteiger partial charge in [-0.15, -0.1) is 13.2 Å². The number of para-hydroxylation sites is 2. The Balaban J connectivity index is 1.71. The lowest BCUT2D eigenvalue weighted by Gasteiger charge is -2.31. The minimum atomic E-state index is -4.78. The Kier molecular flexibility index (Phi) is 4.55. The minimum Gasteiger partial charge on any atom is -0.404 e. The monoisotopic (exact) mass is 388 g/mol. The molecule has 2 aromatic rings. The molecule has 0 saturated carbocycles. The van der Waals surface area contributed by atoms with Crippen molar-refractivity contribution in [3.63, 3.8) is 0 Å². The number of nitriles is 1. The van der Waals surface area contributed by atoms with E-state index in [-0.39, 0.29) is 17.4 Å². The molecule has 0 bridgehead atoms. The van der Waals surface area contributed by atoms with Crippen LogP contribution < -0.4 is 20.3 Å². The van der Waals surface area contributed by atoms with E-state index < -0.39 is 6.36 Å². The number of piperidine rings is 1. The maximum atomic E-state index is 12.7. The van der Waals surface area contributed by atoms with Gasteiger partial charge < -0.3 is 20.3 Å². The molecule has 1 fully saturated rings. The van der Waals surface area contributed by atoms with Crippen molar-refractivity contribution >= 4 is 17.1 Å². The van der Waals surface area contributed by atoms with Gasteiger partial charge in [-0.1, -0.05) is 12.1 Å². The molecular weight excluding hydrogens is 369 g/mol. The van der Waals surface area contributed by atoms with Crippen LogP contribution >= 0.6 is 0 Å². The number of benzene rings is 2. The highest BCUT2D eigenvalue weighted by molar-refractivity contribution is 5.77. The molecule has 5 nitrogen and oxygen atoms in total. The van der Waals surface area contributed by atoms with E-state index in [1.807, 2.05) is 13.1 Å². The second kappa shape index (κ2) is 6.91. The molecule has 2 atom stereocenters. The molecule has 0 spiro atoms. The van der Waals surface area contributed by atoms with Crippen molar-refractivity contribution in [2.45, 2.75) is 24.7 Å². The van der Waals surface area contributed by atoms with E-state index in [2.05, 4.69) is 26.3 Å². The molecule has 0 radical (unpaired) electrons. The van der Waals surface area contributed by atoms with Gasteiger partial charge in [0.15, 0.2) is 5.75 Å². The van der Waals surface area contributed by atoms with Crippen LogP contribution in [0.4, 0.5) is 30.2 Å². The lowest BCUT2D eigenvalue weighted by atomic mass is 9.89. The van der Waals surface area contributed by atoms with Gasteiger partial charge in [0.25, 0.3) is 0 Å². The van der Waals surface area contributed by atoms with Crippen molar-refractivity contribution < 1.29 is 17.9 Å². The van der Waals surface area contributed by atoms with Gasteiger partial charge in [0, 0.05) is 31.2 Å². The summed E-state index contributed by atoms with van der Waals surface area (Å²) in [5.74, 6) is -0.0763. The predicted octanol–water partition coefficient (Wildman–Crippen LogP) is 4.10. The zero-order valence-corrected chi connectivity index (χ0v) is 15.2. The van der Waals surface area contributed by atoms with Crippen molar-refractivity contribution in [1.29, 1.82) is 5.26 Å². The molecule has 2 aliphatic rings. The van der Waals surface area contributed by atoms with Gasteiger partial charge in [0.05, 0.1) is 16.9 Å². The van der Waals surface area contributed by atoms with Crippen LogP contribution in [0.2, 0.25) is 0 Å². The van der Waals surface area contributed by atoms with Gasteiger partial charge in [-0.05, 0) is 42.8 Å². The summed E-state index contributed by atoms with van der Waals surface area (Å²) in [6.07, 6.45) is -3.80. The number of ether oxygens (including phenoxy) is 1. The molecule has 8 heteroatoms. The highest BCUT2D eigenvalue weighted by Crippen LogP contribution is 2.46. The van der Waals surface area contributed by atoms with Gasteiger partial charge >= 0.3 is 6.36 Å². The van der Waals surface area contributed by atoms with E-state index in [1.54, 1.807) is 12.1 Å². The first-order valence-corrected chi connectivity index (χ1v) is 9.01. The fraction of sp³-hybridized carbons (Fsp3) is 0.350. The molecule has 2 N–H and O–H groups in total. The standard InChI is InChI=1S/C20H19F3N4O/c1-27-17-6-7-25-11-15(17)14-9-13(8-12(10-24)19(14)27)26-16-4-2-3-5-18(16)28-20(21,22)23/h2-5,8-9,15,17,25-26H,6-7,11H2,1H3/t15-,17-/m0/s1. The quantitative estimate of drug-likeness (QED) is 0.829. The van der Waals surface area contributed by atoms with E-state index in [0.717, 1.165) is 30.8 Å². The van der Waals surface area contributed by atoms with Crippen molar-refractivity contribution in [2.75, 3.05) is 30.4 Å². The van der Waals surface area contributed by atoms with Gasteiger partial charge in [-0.3, -0.25) is 0 Å². The molecule has 28 heavy (non-hydrogen) atoms. The average Bonchev–Trinajstić information content (AvgIpc) is 2.95. The Labute approximate surface area is 160 Å². The van der Waals surface area contributed by atoms with Crippen LogP contribution in [0.3, 0.4) is 0 Å². The lowest BCUT2D eigenvalue weighted by molar-refractivity contribution is -0.274. The number of hydrogen-bond acceptors (Lipinski definition) is 5. The van der Waals surface area contributed by atoms with Gasteiger partial charge in [-0.2, -0.15) is 5.26 Å². The van der Waals surface area contributed by atoms with Crippen molar-refractivity contribution in [3.8, 4) is 11.8 Å². The predicted molar refractivity (Wildman–Crippen MR) is 100.0 cm³/mol. The fourth-order valence-electron chi connectivity index (χ4n) is 4.22. The number of nitrogens with one attached hydrogen (secondary N) is 2. The van der Waals surface area contributed by atoms with Crippen LogP contribution in [0.5, 0.6) is 5.75 Å². The zero-order valence-electron chi connectivity index (χ0n) is 15.2. The summed E-state index contributed by atoms with van der Waals surface area (Å²) in [5.41, 5.74) is 3.20.